The lowest BCUT2D eigenvalue weighted by atomic mass is 10.1. The molecule has 0 bridgehead atoms. The number of carbonyl (C=O) groups is 1. The quantitative estimate of drug-likeness (QED) is 0.858. The van der Waals surface area contributed by atoms with Crippen LogP contribution in [0.2, 0.25) is 0 Å². The summed E-state index contributed by atoms with van der Waals surface area (Å²) in [5, 5.41) is 5.04. The highest BCUT2D eigenvalue weighted by Crippen LogP contribution is 2.25. The molecule has 1 heterocycles. The number of carbonyl (C=O) groups excluding carboxylic acids is 1. The van der Waals surface area contributed by atoms with E-state index in [9.17, 15) is 4.79 Å². The van der Waals surface area contributed by atoms with Crippen molar-refractivity contribution in [3.63, 3.8) is 0 Å². The summed E-state index contributed by atoms with van der Waals surface area (Å²) in [4.78, 5) is 15.9. The van der Waals surface area contributed by atoms with Crippen LogP contribution in [0.3, 0.4) is 0 Å². The SMILES string of the molecule is Cc1cccc2cncc(NC(=O)C(C)C)c12. The second kappa shape index (κ2) is 4.53. The van der Waals surface area contributed by atoms with Crippen molar-refractivity contribution in [2.45, 2.75) is 20.8 Å². The summed E-state index contributed by atoms with van der Waals surface area (Å²) in [5.41, 5.74) is 1.93. The molecule has 1 amide bonds. The van der Waals surface area contributed by atoms with Crippen LogP contribution in [0.4, 0.5) is 5.69 Å². The number of anilines is 1. The number of hydrogen-bond acceptors (Lipinski definition) is 2. The van der Waals surface area contributed by atoms with E-state index < -0.39 is 0 Å². The average molecular weight is 228 g/mol. The third-order valence-corrected chi connectivity index (χ3v) is 2.77. The van der Waals surface area contributed by atoms with E-state index in [0.717, 1.165) is 22.0 Å². The summed E-state index contributed by atoms with van der Waals surface area (Å²) in [6, 6.07) is 6.03. The molecule has 0 saturated carbocycles. The molecule has 88 valence electrons. The molecule has 0 unspecified atom stereocenters. The second-order valence-electron chi connectivity index (χ2n) is 4.50. The fraction of sp³-hybridized carbons (Fsp3) is 0.286. The number of pyridine rings is 1. The van der Waals surface area contributed by atoms with Crippen LogP contribution in [0.5, 0.6) is 0 Å². The highest BCUT2D eigenvalue weighted by Gasteiger charge is 2.10. The molecule has 1 aromatic heterocycles. The van der Waals surface area contributed by atoms with Crippen LogP contribution >= 0.6 is 0 Å². The zero-order valence-electron chi connectivity index (χ0n) is 10.3. The summed E-state index contributed by atoms with van der Waals surface area (Å²) in [5.74, 6) is -0.0168. The van der Waals surface area contributed by atoms with E-state index in [0.29, 0.717) is 0 Å². The lowest BCUT2D eigenvalue weighted by molar-refractivity contribution is -0.118. The molecule has 0 aliphatic carbocycles. The van der Waals surface area contributed by atoms with Crippen molar-refractivity contribution in [3.8, 4) is 0 Å². The first-order valence-corrected chi connectivity index (χ1v) is 5.74. The van der Waals surface area contributed by atoms with Crippen molar-refractivity contribution in [2.75, 3.05) is 5.32 Å². The Morgan fingerprint density at radius 1 is 1.29 bits per heavy atom. The van der Waals surface area contributed by atoms with Crippen LogP contribution in [0.25, 0.3) is 10.8 Å². The van der Waals surface area contributed by atoms with E-state index >= 15 is 0 Å². The Kier molecular flexibility index (Phi) is 3.09. The monoisotopic (exact) mass is 228 g/mol. The summed E-state index contributed by atoms with van der Waals surface area (Å²) in [6.45, 7) is 5.79. The molecule has 0 fully saturated rings. The Hall–Kier alpha value is -1.90. The third-order valence-electron chi connectivity index (χ3n) is 2.77. The number of fused-ring (bicyclic) bond motifs is 1. The molecular weight excluding hydrogens is 212 g/mol. The van der Waals surface area contributed by atoms with Crippen LogP contribution in [-0.2, 0) is 4.79 Å². The minimum atomic E-state index is -0.0331. The zero-order valence-corrected chi connectivity index (χ0v) is 10.3. The Morgan fingerprint density at radius 3 is 2.76 bits per heavy atom. The summed E-state index contributed by atoms with van der Waals surface area (Å²) in [6.07, 6.45) is 3.52. The van der Waals surface area contributed by atoms with Crippen molar-refractivity contribution in [2.24, 2.45) is 5.92 Å². The maximum atomic E-state index is 11.7. The van der Waals surface area contributed by atoms with Gasteiger partial charge < -0.3 is 5.32 Å². The van der Waals surface area contributed by atoms with E-state index in [1.54, 1.807) is 6.20 Å². The predicted octanol–water partition coefficient (Wildman–Crippen LogP) is 3.14. The van der Waals surface area contributed by atoms with Gasteiger partial charge in [-0.1, -0.05) is 32.0 Å². The normalized spacial score (nSPS) is 10.8. The molecule has 0 atom stereocenters. The van der Waals surface area contributed by atoms with Gasteiger partial charge in [0.25, 0.3) is 0 Å². The van der Waals surface area contributed by atoms with Crippen molar-refractivity contribution in [1.29, 1.82) is 0 Å². The van der Waals surface area contributed by atoms with Gasteiger partial charge in [0.1, 0.15) is 0 Å². The molecule has 0 aliphatic heterocycles. The number of nitrogens with one attached hydrogen (secondary N) is 1. The maximum Gasteiger partial charge on any atom is 0.226 e. The second-order valence-corrected chi connectivity index (χ2v) is 4.50. The Balaban J connectivity index is 2.51. The highest BCUT2D eigenvalue weighted by atomic mass is 16.1. The first-order chi connectivity index (χ1) is 8.09. The van der Waals surface area contributed by atoms with Gasteiger partial charge in [0.05, 0.1) is 11.9 Å². The summed E-state index contributed by atoms with van der Waals surface area (Å²) >= 11 is 0. The van der Waals surface area contributed by atoms with Gasteiger partial charge in [0.15, 0.2) is 0 Å². The zero-order chi connectivity index (χ0) is 12.4. The lowest BCUT2D eigenvalue weighted by Gasteiger charge is -2.11. The fourth-order valence-corrected chi connectivity index (χ4v) is 1.79. The molecule has 17 heavy (non-hydrogen) atoms. The van der Waals surface area contributed by atoms with Crippen LogP contribution in [0.15, 0.2) is 30.6 Å². The predicted molar refractivity (Wildman–Crippen MR) is 69.9 cm³/mol. The van der Waals surface area contributed by atoms with Crippen LogP contribution in [0.1, 0.15) is 19.4 Å². The number of nitrogens with zero attached hydrogens (tertiary/aromatic N) is 1. The molecule has 0 saturated heterocycles. The lowest BCUT2D eigenvalue weighted by Crippen LogP contribution is -2.18. The number of hydrogen-bond donors (Lipinski definition) is 1. The fourth-order valence-electron chi connectivity index (χ4n) is 1.79. The first kappa shape index (κ1) is 11.6. The number of amides is 1. The molecule has 0 radical (unpaired) electrons. The minimum Gasteiger partial charge on any atom is -0.324 e. The summed E-state index contributed by atoms with van der Waals surface area (Å²) in [7, 11) is 0. The molecule has 0 aliphatic rings. The van der Waals surface area contributed by atoms with Gasteiger partial charge in [-0.15, -0.1) is 0 Å². The van der Waals surface area contributed by atoms with Crippen LogP contribution in [-0.4, -0.2) is 10.9 Å². The van der Waals surface area contributed by atoms with E-state index in [4.69, 9.17) is 0 Å². The van der Waals surface area contributed by atoms with Crippen molar-refractivity contribution >= 4 is 22.4 Å². The van der Waals surface area contributed by atoms with Gasteiger partial charge >= 0.3 is 0 Å². The molecule has 1 N–H and O–H groups in total. The Morgan fingerprint density at radius 2 is 2.06 bits per heavy atom. The largest absolute Gasteiger partial charge is 0.324 e. The van der Waals surface area contributed by atoms with Gasteiger partial charge in [-0.25, -0.2) is 0 Å². The first-order valence-electron chi connectivity index (χ1n) is 5.74. The maximum absolute atomic E-state index is 11.7. The van der Waals surface area contributed by atoms with Gasteiger partial charge in [0.2, 0.25) is 5.91 Å². The number of rotatable bonds is 2. The van der Waals surface area contributed by atoms with Crippen molar-refractivity contribution in [3.05, 3.63) is 36.2 Å². The highest BCUT2D eigenvalue weighted by molar-refractivity contribution is 6.03. The molecule has 3 nitrogen and oxygen atoms in total. The van der Waals surface area contributed by atoms with Crippen molar-refractivity contribution in [1.82, 2.24) is 4.98 Å². The Labute approximate surface area is 101 Å². The third kappa shape index (κ3) is 2.28. The van der Waals surface area contributed by atoms with Crippen molar-refractivity contribution < 1.29 is 4.79 Å². The van der Waals surface area contributed by atoms with E-state index in [2.05, 4.69) is 10.3 Å². The number of aryl methyl sites for hydroxylation is 1. The number of aromatic nitrogens is 1. The summed E-state index contributed by atoms with van der Waals surface area (Å²) < 4.78 is 0. The standard InChI is InChI=1S/C14H16N2O/c1-9(2)14(17)16-12-8-15-7-11-6-4-5-10(3)13(11)12/h4-9H,1-3H3,(H,16,17). The van der Waals surface area contributed by atoms with Crippen LogP contribution < -0.4 is 5.32 Å². The molecule has 3 heteroatoms. The van der Waals surface area contributed by atoms with E-state index in [-0.39, 0.29) is 11.8 Å². The average Bonchev–Trinajstić information content (AvgIpc) is 2.29. The molecule has 0 spiro atoms. The minimum absolute atomic E-state index is 0.0163. The van der Waals surface area contributed by atoms with Gasteiger partial charge in [-0.2, -0.15) is 0 Å². The topological polar surface area (TPSA) is 42.0 Å². The molecule has 1 aromatic carbocycles. The van der Waals surface area contributed by atoms with E-state index in [1.165, 1.54) is 0 Å². The number of benzene rings is 1. The van der Waals surface area contributed by atoms with Crippen LogP contribution in [0, 0.1) is 12.8 Å². The molecule has 2 aromatic rings. The Bertz CT molecular complexity index is 556. The smallest absolute Gasteiger partial charge is 0.226 e. The molecule has 2 rings (SSSR count). The van der Waals surface area contributed by atoms with Gasteiger partial charge in [0, 0.05) is 22.9 Å². The van der Waals surface area contributed by atoms with E-state index in [1.807, 2.05) is 45.2 Å². The molecular formula is C14H16N2O. The van der Waals surface area contributed by atoms with Gasteiger partial charge in [-0.05, 0) is 12.5 Å². The van der Waals surface area contributed by atoms with Gasteiger partial charge in [-0.3, -0.25) is 9.78 Å².